The monoisotopic (exact) mass is 348 g/mol. The fraction of sp³-hybridized carbons (Fsp3) is 0.462. The van der Waals surface area contributed by atoms with E-state index >= 15 is 0 Å². The number of carbonyl (C=O) groups excluding carboxylic acids is 1. The van der Waals surface area contributed by atoms with Gasteiger partial charge >= 0.3 is 0 Å². The van der Waals surface area contributed by atoms with Crippen LogP contribution in [0.15, 0.2) is 16.6 Å². The minimum Gasteiger partial charge on any atom is -0.309 e. The van der Waals surface area contributed by atoms with Gasteiger partial charge in [0, 0.05) is 11.0 Å². The SMILES string of the molecule is CCNC1CCCN(c2c(Cl)cc(F)cc2Br)C1=O. The molecule has 1 unspecified atom stereocenters. The van der Waals surface area contributed by atoms with E-state index in [2.05, 4.69) is 21.2 Å². The highest BCUT2D eigenvalue weighted by Gasteiger charge is 2.31. The predicted octanol–water partition coefficient (Wildman–Crippen LogP) is 3.35. The summed E-state index contributed by atoms with van der Waals surface area (Å²) in [5.74, 6) is -0.435. The number of rotatable bonds is 3. The molecule has 1 aliphatic heterocycles. The molecule has 6 heteroatoms. The normalized spacial score (nSPS) is 19.9. The standard InChI is InChI=1S/C13H15BrClFN2O/c1-2-17-11-4-3-5-18(13(11)19)12-9(14)6-8(16)7-10(12)15/h6-7,11,17H,2-5H2,1H3. The first-order chi connectivity index (χ1) is 9.04. The average Bonchev–Trinajstić information content (AvgIpc) is 2.32. The third kappa shape index (κ3) is 3.09. The number of amides is 1. The molecule has 1 aromatic rings. The van der Waals surface area contributed by atoms with Gasteiger partial charge in [-0.3, -0.25) is 4.79 Å². The fourth-order valence-electron chi connectivity index (χ4n) is 2.33. The van der Waals surface area contributed by atoms with Gasteiger partial charge in [-0.2, -0.15) is 0 Å². The molecule has 1 atom stereocenters. The van der Waals surface area contributed by atoms with Crippen LogP contribution >= 0.6 is 27.5 Å². The van der Waals surface area contributed by atoms with Gasteiger partial charge < -0.3 is 10.2 Å². The number of piperidine rings is 1. The quantitative estimate of drug-likeness (QED) is 0.907. The van der Waals surface area contributed by atoms with Crippen LogP contribution in [0.25, 0.3) is 0 Å². The lowest BCUT2D eigenvalue weighted by Gasteiger charge is -2.33. The Morgan fingerprint density at radius 3 is 2.95 bits per heavy atom. The summed E-state index contributed by atoms with van der Waals surface area (Å²) in [5, 5.41) is 3.41. The first-order valence-corrected chi connectivity index (χ1v) is 7.41. The highest BCUT2D eigenvalue weighted by molar-refractivity contribution is 9.10. The molecule has 0 spiro atoms. The van der Waals surface area contributed by atoms with Gasteiger partial charge in [0.05, 0.1) is 16.8 Å². The van der Waals surface area contributed by atoms with Crippen molar-refractivity contribution >= 4 is 39.1 Å². The smallest absolute Gasteiger partial charge is 0.244 e. The lowest BCUT2D eigenvalue weighted by Crippen LogP contribution is -2.51. The van der Waals surface area contributed by atoms with Crippen LogP contribution in [0, 0.1) is 5.82 Å². The van der Waals surface area contributed by atoms with Gasteiger partial charge in [0.2, 0.25) is 5.91 Å². The summed E-state index contributed by atoms with van der Waals surface area (Å²) in [5.41, 5.74) is 0.552. The van der Waals surface area contributed by atoms with E-state index in [1.54, 1.807) is 4.90 Å². The number of nitrogens with one attached hydrogen (secondary N) is 1. The van der Waals surface area contributed by atoms with Crippen LogP contribution in [-0.2, 0) is 4.79 Å². The highest BCUT2D eigenvalue weighted by atomic mass is 79.9. The molecule has 0 aromatic heterocycles. The maximum absolute atomic E-state index is 13.2. The van der Waals surface area contributed by atoms with Gasteiger partial charge in [-0.15, -0.1) is 0 Å². The van der Waals surface area contributed by atoms with Crippen LogP contribution in [0.4, 0.5) is 10.1 Å². The second-order valence-electron chi connectivity index (χ2n) is 4.46. The second kappa shape index (κ2) is 6.20. The molecule has 1 aromatic carbocycles. The number of hydrogen-bond acceptors (Lipinski definition) is 2. The Hall–Kier alpha value is -0.650. The number of likely N-dealkylation sites (N-methyl/N-ethyl adjacent to an activating group) is 1. The minimum atomic E-state index is -0.423. The Bertz CT molecular complexity index is 473. The van der Waals surface area contributed by atoms with Crippen molar-refractivity contribution in [2.24, 2.45) is 0 Å². The summed E-state index contributed by atoms with van der Waals surface area (Å²) in [4.78, 5) is 14.0. The largest absolute Gasteiger partial charge is 0.309 e. The highest BCUT2D eigenvalue weighted by Crippen LogP contribution is 2.36. The van der Waals surface area contributed by atoms with E-state index in [1.807, 2.05) is 6.92 Å². The molecule has 104 valence electrons. The summed E-state index contributed by atoms with van der Waals surface area (Å²) in [6.45, 7) is 3.31. The number of nitrogens with zero attached hydrogens (tertiary/aromatic N) is 1. The number of benzene rings is 1. The Kier molecular flexibility index (Phi) is 4.81. The van der Waals surface area contributed by atoms with Crippen LogP contribution in [-0.4, -0.2) is 25.0 Å². The molecule has 0 bridgehead atoms. The molecule has 1 aliphatic rings. The first-order valence-electron chi connectivity index (χ1n) is 6.24. The van der Waals surface area contributed by atoms with Crippen molar-refractivity contribution in [1.82, 2.24) is 5.32 Å². The van der Waals surface area contributed by atoms with E-state index in [1.165, 1.54) is 12.1 Å². The van der Waals surface area contributed by atoms with Crippen molar-refractivity contribution in [3.63, 3.8) is 0 Å². The Labute approximate surface area is 125 Å². The van der Waals surface area contributed by atoms with Crippen LogP contribution in [0.3, 0.4) is 0 Å². The molecule has 3 nitrogen and oxygen atoms in total. The number of anilines is 1. The summed E-state index contributed by atoms with van der Waals surface area (Å²) in [7, 11) is 0. The van der Waals surface area contributed by atoms with Crippen LogP contribution in [0.1, 0.15) is 19.8 Å². The van der Waals surface area contributed by atoms with E-state index in [4.69, 9.17) is 11.6 Å². The van der Waals surface area contributed by atoms with Crippen LogP contribution in [0.2, 0.25) is 5.02 Å². The molecule has 1 heterocycles. The Morgan fingerprint density at radius 1 is 1.58 bits per heavy atom. The number of carbonyl (C=O) groups is 1. The lowest BCUT2D eigenvalue weighted by molar-refractivity contribution is -0.121. The summed E-state index contributed by atoms with van der Waals surface area (Å²) >= 11 is 9.36. The Morgan fingerprint density at radius 2 is 2.32 bits per heavy atom. The molecule has 19 heavy (non-hydrogen) atoms. The van der Waals surface area contributed by atoms with Gasteiger partial charge in [-0.25, -0.2) is 4.39 Å². The first kappa shape index (κ1) is 14.8. The topological polar surface area (TPSA) is 32.3 Å². The predicted molar refractivity (Wildman–Crippen MR) is 78.2 cm³/mol. The molecular formula is C13H15BrClFN2O. The van der Waals surface area contributed by atoms with E-state index < -0.39 is 5.82 Å². The molecular weight excluding hydrogens is 335 g/mol. The third-order valence-electron chi connectivity index (χ3n) is 3.14. The number of halogens is 3. The maximum atomic E-state index is 13.2. The zero-order valence-corrected chi connectivity index (χ0v) is 12.9. The van der Waals surface area contributed by atoms with Crippen molar-refractivity contribution in [1.29, 1.82) is 0 Å². The summed E-state index contributed by atoms with van der Waals surface area (Å²) < 4.78 is 13.7. The van der Waals surface area contributed by atoms with Crippen LogP contribution < -0.4 is 10.2 Å². The maximum Gasteiger partial charge on any atom is 0.244 e. The van der Waals surface area contributed by atoms with E-state index in [-0.39, 0.29) is 17.0 Å². The van der Waals surface area contributed by atoms with E-state index in [9.17, 15) is 9.18 Å². The molecule has 0 radical (unpaired) electrons. The minimum absolute atomic E-state index is 0.0118. The van der Waals surface area contributed by atoms with Crippen molar-refractivity contribution < 1.29 is 9.18 Å². The summed E-state index contributed by atoms with van der Waals surface area (Å²) in [6.07, 6.45) is 1.71. The lowest BCUT2D eigenvalue weighted by atomic mass is 10.0. The van der Waals surface area contributed by atoms with Crippen molar-refractivity contribution in [2.75, 3.05) is 18.0 Å². The molecule has 0 saturated carbocycles. The van der Waals surface area contributed by atoms with Crippen LogP contribution in [0.5, 0.6) is 0 Å². The van der Waals surface area contributed by atoms with Gasteiger partial charge in [0.15, 0.2) is 0 Å². The molecule has 2 rings (SSSR count). The fourth-order valence-corrected chi connectivity index (χ4v) is 3.39. The molecule has 1 N–H and O–H groups in total. The zero-order chi connectivity index (χ0) is 14.0. The van der Waals surface area contributed by atoms with Gasteiger partial charge in [0.1, 0.15) is 5.82 Å². The Balaban J connectivity index is 2.33. The summed E-state index contributed by atoms with van der Waals surface area (Å²) in [6, 6.07) is 2.36. The molecule has 1 saturated heterocycles. The van der Waals surface area contributed by atoms with Crippen molar-refractivity contribution in [3.05, 3.63) is 27.4 Å². The van der Waals surface area contributed by atoms with Crippen molar-refractivity contribution in [2.45, 2.75) is 25.8 Å². The van der Waals surface area contributed by atoms with Gasteiger partial charge in [-0.1, -0.05) is 18.5 Å². The van der Waals surface area contributed by atoms with E-state index in [0.29, 0.717) is 16.7 Å². The third-order valence-corrected chi connectivity index (χ3v) is 4.03. The molecule has 1 fully saturated rings. The second-order valence-corrected chi connectivity index (χ2v) is 5.72. The zero-order valence-electron chi connectivity index (χ0n) is 10.5. The molecule has 0 aliphatic carbocycles. The van der Waals surface area contributed by atoms with E-state index in [0.717, 1.165) is 19.4 Å². The number of hydrogen-bond donors (Lipinski definition) is 1. The van der Waals surface area contributed by atoms with Gasteiger partial charge in [-0.05, 0) is 47.4 Å². The van der Waals surface area contributed by atoms with Crippen molar-refractivity contribution in [3.8, 4) is 0 Å². The molecule has 1 amide bonds. The average molecular weight is 350 g/mol. The van der Waals surface area contributed by atoms with Gasteiger partial charge in [0.25, 0.3) is 0 Å².